The molecule has 0 amide bonds. The van der Waals surface area contributed by atoms with Crippen molar-refractivity contribution in [3.63, 3.8) is 0 Å². The smallest absolute Gasteiger partial charge is 0.125 e. The quantitative estimate of drug-likeness (QED) is 0.873. The van der Waals surface area contributed by atoms with E-state index >= 15 is 0 Å². The minimum atomic E-state index is -0.200. The third kappa shape index (κ3) is 2.29. The van der Waals surface area contributed by atoms with Crippen LogP contribution in [-0.4, -0.2) is 13.7 Å². The third-order valence-corrected chi connectivity index (χ3v) is 3.75. The number of methoxy groups -OCH3 is 1. The highest BCUT2D eigenvalue weighted by molar-refractivity contribution is 5.60. The average Bonchev–Trinajstić information content (AvgIpc) is 2.84. The Morgan fingerprint density at radius 3 is 2.90 bits per heavy atom. The van der Waals surface area contributed by atoms with E-state index in [0.717, 1.165) is 35.7 Å². The monoisotopic (exact) mass is 272 g/mol. The second kappa shape index (κ2) is 5.04. The fraction of sp³-hybridized carbons (Fsp3) is 0.250. The highest BCUT2D eigenvalue weighted by Crippen LogP contribution is 2.31. The van der Waals surface area contributed by atoms with E-state index in [0.29, 0.717) is 6.54 Å². The Balaban J connectivity index is 1.89. The summed E-state index contributed by atoms with van der Waals surface area (Å²) in [5.74, 6) is 0.585. The van der Waals surface area contributed by atoms with Crippen molar-refractivity contribution < 1.29 is 9.13 Å². The van der Waals surface area contributed by atoms with Crippen molar-refractivity contribution in [3.05, 3.63) is 53.3 Å². The minimum absolute atomic E-state index is 0.200. The minimum Gasteiger partial charge on any atom is -0.497 e. The molecule has 0 saturated carbocycles. The standard InChI is InChI=1S/C16H17FN2O/c1-20-14-4-5-15(18)12(8-14)10-19-7-6-11-2-3-13(17)9-16(11)19/h2-5,8-9H,6-7,10,18H2,1H3. The van der Waals surface area contributed by atoms with Gasteiger partial charge in [0.15, 0.2) is 0 Å². The summed E-state index contributed by atoms with van der Waals surface area (Å²) in [5, 5.41) is 0. The zero-order valence-corrected chi connectivity index (χ0v) is 11.4. The Morgan fingerprint density at radius 1 is 1.25 bits per heavy atom. The van der Waals surface area contributed by atoms with Crippen LogP contribution in [0.5, 0.6) is 5.75 Å². The summed E-state index contributed by atoms with van der Waals surface area (Å²) >= 11 is 0. The van der Waals surface area contributed by atoms with E-state index in [1.165, 1.54) is 11.6 Å². The zero-order chi connectivity index (χ0) is 14.1. The summed E-state index contributed by atoms with van der Waals surface area (Å²) in [7, 11) is 1.63. The van der Waals surface area contributed by atoms with Crippen molar-refractivity contribution in [2.24, 2.45) is 0 Å². The maximum Gasteiger partial charge on any atom is 0.125 e. The Hall–Kier alpha value is -2.23. The number of hydrogen-bond acceptors (Lipinski definition) is 3. The van der Waals surface area contributed by atoms with E-state index in [1.807, 2.05) is 24.3 Å². The van der Waals surface area contributed by atoms with Crippen molar-refractivity contribution in [1.29, 1.82) is 0 Å². The molecule has 3 rings (SSSR count). The summed E-state index contributed by atoms with van der Waals surface area (Å²) < 4.78 is 18.6. The van der Waals surface area contributed by atoms with Crippen LogP contribution in [0.2, 0.25) is 0 Å². The molecule has 0 radical (unpaired) electrons. The van der Waals surface area contributed by atoms with Crippen LogP contribution in [0.15, 0.2) is 36.4 Å². The lowest BCUT2D eigenvalue weighted by molar-refractivity contribution is 0.414. The van der Waals surface area contributed by atoms with Gasteiger partial charge in [0, 0.05) is 24.5 Å². The van der Waals surface area contributed by atoms with Crippen molar-refractivity contribution >= 4 is 11.4 Å². The molecule has 0 aromatic heterocycles. The van der Waals surface area contributed by atoms with E-state index in [9.17, 15) is 4.39 Å². The summed E-state index contributed by atoms with van der Waals surface area (Å²) in [6, 6.07) is 10.6. The normalized spacial score (nSPS) is 13.4. The Labute approximate surface area is 117 Å². The highest BCUT2D eigenvalue weighted by atomic mass is 19.1. The molecule has 20 heavy (non-hydrogen) atoms. The molecule has 1 aliphatic rings. The molecule has 3 nitrogen and oxygen atoms in total. The van der Waals surface area contributed by atoms with Crippen LogP contribution in [0, 0.1) is 5.82 Å². The summed E-state index contributed by atoms with van der Waals surface area (Å²) in [6.07, 6.45) is 0.944. The molecule has 1 heterocycles. The number of fused-ring (bicyclic) bond motifs is 1. The van der Waals surface area contributed by atoms with Gasteiger partial charge in [-0.25, -0.2) is 4.39 Å². The van der Waals surface area contributed by atoms with E-state index in [2.05, 4.69) is 4.90 Å². The maximum atomic E-state index is 13.4. The van der Waals surface area contributed by atoms with Gasteiger partial charge in [-0.2, -0.15) is 0 Å². The van der Waals surface area contributed by atoms with Gasteiger partial charge in [0.1, 0.15) is 11.6 Å². The highest BCUT2D eigenvalue weighted by Gasteiger charge is 2.20. The van der Waals surface area contributed by atoms with Crippen molar-refractivity contribution in [1.82, 2.24) is 0 Å². The van der Waals surface area contributed by atoms with Crippen molar-refractivity contribution in [2.45, 2.75) is 13.0 Å². The van der Waals surface area contributed by atoms with Gasteiger partial charge in [0.05, 0.1) is 7.11 Å². The van der Waals surface area contributed by atoms with Gasteiger partial charge in [-0.1, -0.05) is 6.07 Å². The van der Waals surface area contributed by atoms with Gasteiger partial charge in [0.25, 0.3) is 0 Å². The average molecular weight is 272 g/mol. The number of ether oxygens (including phenoxy) is 1. The molecule has 0 bridgehead atoms. The molecule has 0 unspecified atom stereocenters. The second-order valence-electron chi connectivity index (χ2n) is 5.01. The van der Waals surface area contributed by atoms with Gasteiger partial charge in [-0.05, 0) is 47.9 Å². The predicted molar refractivity (Wildman–Crippen MR) is 78.6 cm³/mol. The van der Waals surface area contributed by atoms with Crippen LogP contribution < -0.4 is 15.4 Å². The number of rotatable bonds is 3. The van der Waals surface area contributed by atoms with Crippen molar-refractivity contribution in [3.8, 4) is 5.75 Å². The van der Waals surface area contributed by atoms with Crippen LogP contribution in [-0.2, 0) is 13.0 Å². The largest absolute Gasteiger partial charge is 0.497 e. The van der Waals surface area contributed by atoms with Gasteiger partial charge in [0.2, 0.25) is 0 Å². The van der Waals surface area contributed by atoms with Crippen LogP contribution in [0.25, 0.3) is 0 Å². The van der Waals surface area contributed by atoms with Gasteiger partial charge < -0.3 is 15.4 Å². The summed E-state index contributed by atoms with van der Waals surface area (Å²) in [6.45, 7) is 1.55. The zero-order valence-electron chi connectivity index (χ0n) is 11.4. The lowest BCUT2D eigenvalue weighted by Crippen LogP contribution is -2.20. The van der Waals surface area contributed by atoms with Crippen LogP contribution in [0.1, 0.15) is 11.1 Å². The SMILES string of the molecule is COc1ccc(N)c(CN2CCc3ccc(F)cc32)c1. The Bertz CT molecular complexity index is 642. The number of benzene rings is 2. The molecule has 104 valence electrons. The molecule has 0 saturated heterocycles. The molecule has 1 aliphatic heterocycles. The number of halogens is 1. The van der Waals surface area contributed by atoms with E-state index in [4.69, 9.17) is 10.5 Å². The first kappa shape index (κ1) is 12.8. The topological polar surface area (TPSA) is 38.5 Å². The fourth-order valence-corrected chi connectivity index (χ4v) is 2.63. The van der Waals surface area contributed by atoms with E-state index in [-0.39, 0.29) is 5.82 Å². The Kier molecular flexibility index (Phi) is 3.22. The first-order valence-corrected chi connectivity index (χ1v) is 6.63. The molecule has 2 aromatic carbocycles. The fourth-order valence-electron chi connectivity index (χ4n) is 2.63. The molecule has 0 spiro atoms. The van der Waals surface area contributed by atoms with E-state index < -0.39 is 0 Å². The molecule has 0 aliphatic carbocycles. The van der Waals surface area contributed by atoms with Gasteiger partial charge >= 0.3 is 0 Å². The first-order chi connectivity index (χ1) is 9.67. The lowest BCUT2D eigenvalue weighted by atomic mass is 10.1. The van der Waals surface area contributed by atoms with Crippen LogP contribution >= 0.6 is 0 Å². The maximum absolute atomic E-state index is 13.4. The summed E-state index contributed by atoms with van der Waals surface area (Å²) in [4.78, 5) is 2.16. The van der Waals surface area contributed by atoms with Crippen molar-refractivity contribution in [2.75, 3.05) is 24.3 Å². The molecule has 0 fully saturated rings. The molecule has 0 atom stereocenters. The number of anilines is 2. The predicted octanol–water partition coefficient (Wildman–Crippen LogP) is 2.98. The molecule has 4 heteroatoms. The number of nitrogens with two attached hydrogens (primary N) is 1. The molecular formula is C16H17FN2O. The Morgan fingerprint density at radius 2 is 2.10 bits per heavy atom. The number of hydrogen-bond donors (Lipinski definition) is 1. The number of nitrogen functional groups attached to an aromatic ring is 1. The third-order valence-electron chi connectivity index (χ3n) is 3.75. The van der Waals surface area contributed by atoms with Gasteiger partial charge in [-0.3, -0.25) is 0 Å². The van der Waals surface area contributed by atoms with Gasteiger partial charge in [-0.15, -0.1) is 0 Å². The molecular weight excluding hydrogens is 255 g/mol. The molecule has 2 N–H and O–H groups in total. The number of nitrogens with zero attached hydrogens (tertiary/aromatic N) is 1. The summed E-state index contributed by atoms with van der Waals surface area (Å²) in [5.41, 5.74) is 9.90. The second-order valence-corrected chi connectivity index (χ2v) is 5.01. The molecule has 2 aromatic rings. The van der Waals surface area contributed by atoms with E-state index in [1.54, 1.807) is 13.2 Å². The lowest BCUT2D eigenvalue weighted by Gasteiger charge is -2.21. The first-order valence-electron chi connectivity index (χ1n) is 6.63. The van der Waals surface area contributed by atoms with Crippen LogP contribution in [0.4, 0.5) is 15.8 Å². The van der Waals surface area contributed by atoms with Crippen LogP contribution in [0.3, 0.4) is 0 Å².